The fraction of sp³-hybridized carbons (Fsp3) is 0.111. The molecule has 7 nitrogen and oxygen atoms in total. The number of thioether (sulfide) groups is 1. The molecule has 0 aliphatic rings. The lowest BCUT2D eigenvalue weighted by Gasteiger charge is -2.05. The van der Waals surface area contributed by atoms with Gasteiger partial charge < -0.3 is 10.1 Å². The average molecular weight is 372 g/mol. The molecule has 0 bridgehead atoms. The molecule has 0 heterocycles. The molecule has 26 heavy (non-hydrogen) atoms. The molecule has 2 rings (SSSR count). The zero-order valence-corrected chi connectivity index (χ0v) is 14.7. The number of non-ortho nitro benzene ring substituents is 1. The van der Waals surface area contributed by atoms with Crippen LogP contribution in [0.25, 0.3) is 6.08 Å². The van der Waals surface area contributed by atoms with E-state index in [0.29, 0.717) is 0 Å². The van der Waals surface area contributed by atoms with Crippen LogP contribution in [-0.4, -0.2) is 29.7 Å². The maximum absolute atomic E-state index is 11.8. The summed E-state index contributed by atoms with van der Waals surface area (Å²) >= 11 is 1.62. The first-order chi connectivity index (χ1) is 12.5. The number of hydrogen-bond acceptors (Lipinski definition) is 6. The highest BCUT2D eigenvalue weighted by Gasteiger charge is 2.09. The molecule has 2 aromatic rings. The van der Waals surface area contributed by atoms with Crippen molar-refractivity contribution < 1.29 is 19.2 Å². The third-order valence-electron chi connectivity index (χ3n) is 3.21. The molecule has 0 saturated heterocycles. The second-order valence-electron chi connectivity index (χ2n) is 5.07. The van der Waals surface area contributed by atoms with E-state index in [-0.39, 0.29) is 11.4 Å². The molecule has 0 aromatic heterocycles. The molecule has 8 heteroatoms. The van der Waals surface area contributed by atoms with Gasteiger partial charge in [-0.2, -0.15) is 0 Å². The number of nitro benzene ring substituents is 1. The van der Waals surface area contributed by atoms with Crippen molar-refractivity contribution in [3.05, 3.63) is 70.3 Å². The van der Waals surface area contributed by atoms with E-state index in [1.54, 1.807) is 17.8 Å². The summed E-state index contributed by atoms with van der Waals surface area (Å²) in [4.78, 5) is 34.7. The lowest BCUT2D eigenvalue weighted by Crippen LogP contribution is -2.20. The van der Waals surface area contributed by atoms with Gasteiger partial charge in [0.25, 0.3) is 11.6 Å². The van der Waals surface area contributed by atoms with Crippen molar-refractivity contribution in [1.29, 1.82) is 0 Å². The molecule has 0 radical (unpaired) electrons. The fourth-order valence-electron chi connectivity index (χ4n) is 1.96. The van der Waals surface area contributed by atoms with Gasteiger partial charge in [0.2, 0.25) is 0 Å². The number of benzene rings is 2. The Balaban J connectivity index is 1.82. The Morgan fingerprint density at radius 2 is 1.96 bits per heavy atom. The summed E-state index contributed by atoms with van der Waals surface area (Å²) in [6.07, 6.45) is 4.79. The normalized spacial score (nSPS) is 10.5. The van der Waals surface area contributed by atoms with Gasteiger partial charge in [0.05, 0.1) is 4.92 Å². The number of anilines is 1. The summed E-state index contributed by atoms with van der Waals surface area (Å²) in [6.45, 7) is -0.489. The Kier molecular flexibility index (Phi) is 6.92. The molecule has 0 aliphatic carbocycles. The predicted octanol–water partition coefficient (Wildman–Crippen LogP) is 3.51. The van der Waals surface area contributed by atoms with Crippen LogP contribution in [0.15, 0.2) is 59.5 Å². The summed E-state index contributed by atoms with van der Waals surface area (Å²) in [5.41, 5.74) is 0.945. The van der Waals surface area contributed by atoms with Gasteiger partial charge in [0.15, 0.2) is 6.61 Å². The second kappa shape index (κ2) is 9.38. The van der Waals surface area contributed by atoms with Crippen molar-refractivity contribution in [3.8, 4) is 0 Å². The number of carbonyl (C=O) groups is 2. The molecular formula is C18H16N2O5S. The lowest BCUT2D eigenvalue weighted by atomic mass is 10.2. The monoisotopic (exact) mass is 372 g/mol. The third-order valence-corrected chi connectivity index (χ3v) is 3.96. The van der Waals surface area contributed by atoms with E-state index < -0.39 is 23.4 Å². The number of nitro groups is 1. The summed E-state index contributed by atoms with van der Waals surface area (Å²) in [5.74, 6) is -1.25. The maximum Gasteiger partial charge on any atom is 0.331 e. The molecule has 2 aromatic carbocycles. The SMILES string of the molecule is CSc1ccc(/C=C/C(=O)OCC(=O)Nc2cccc([N+](=O)[O-])c2)cc1. The molecule has 0 saturated carbocycles. The molecule has 1 amide bonds. The molecular weight excluding hydrogens is 356 g/mol. The second-order valence-corrected chi connectivity index (χ2v) is 5.95. The van der Waals surface area contributed by atoms with Gasteiger partial charge >= 0.3 is 5.97 Å². The highest BCUT2D eigenvalue weighted by atomic mass is 32.2. The Hall–Kier alpha value is -3.13. The minimum absolute atomic E-state index is 0.143. The topological polar surface area (TPSA) is 98.5 Å². The van der Waals surface area contributed by atoms with Crippen LogP contribution in [0.1, 0.15) is 5.56 Å². The highest BCUT2D eigenvalue weighted by Crippen LogP contribution is 2.17. The molecule has 0 atom stereocenters. The minimum Gasteiger partial charge on any atom is -0.452 e. The smallest absolute Gasteiger partial charge is 0.331 e. The van der Waals surface area contributed by atoms with Crippen molar-refractivity contribution in [2.24, 2.45) is 0 Å². The number of nitrogens with zero attached hydrogens (tertiary/aromatic N) is 1. The Morgan fingerprint density at radius 1 is 1.23 bits per heavy atom. The van der Waals surface area contributed by atoms with E-state index in [0.717, 1.165) is 10.5 Å². The van der Waals surface area contributed by atoms with E-state index in [1.807, 2.05) is 30.5 Å². The highest BCUT2D eigenvalue weighted by molar-refractivity contribution is 7.98. The Bertz CT molecular complexity index is 834. The standard InChI is InChI=1S/C18H16N2O5S/c1-26-16-8-5-13(6-9-16)7-10-18(22)25-12-17(21)19-14-3-2-4-15(11-14)20(23)24/h2-11H,12H2,1H3,(H,19,21)/b10-7+. The molecule has 0 spiro atoms. The van der Waals surface area contributed by atoms with Crippen LogP contribution in [0.4, 0.5) is 11.4 Å². The molecule has 1 N–H and O–H groups in total. The van der Waals surface area contributed by atoms with E-state index >= 15 is 0 Å². The molecule has 0 fully saturated rings. The van der Waals surface area contributed by atoms with Gasteiger partial charge in [-0.15, -0.1) is 11.8 Å². The lowest BCUT2D eigenvalue weighted by molar-refractivity contribution is -0.384. The summed E-state index contributed by atoms with van der Waals surface area (Å²) in [5, 5.41) is 13.1. The molecule has 0 unspecified atom stereocenters. The van der Waals surface area contributed by atoms with E-state index in [9.17, 15) is 19.7 Å². The van der Waals surface area contributed by atoms with Crippen LogP contribution in [0, 0.1) is 10.1 Å². The number of nitrogens with one attached hydrogen (secondary N) is 1. The summed E-state index contributed by atoms with van der Waals surface area (Å²) < 4.78 is 4.84. The van der Waals surface area contributed by atoms with Crippen molar-refractivity contribution in [2.75, 3.05) is 18.2 Å². The number of amides is 1. The zero-order valence-electron chi connectivity index (χ0n) is 13.9. The minimum atomic E-state index is -0.659. The first-order valence-electron chi connectivity index (χ1n) is 7.51. The van der Waals surface area contributed by atoms with Gasteiger partial charge in [-0.1, -0.05) is 18.2 Å². The van der Waals surface area contributed by atoms with E-state index in [4.69, 9.17) is 4.74 Å². The first-order valence-corrected chi connectivity index (χ1v) is 8.73. The van der Waals surface area contributed by atoms with Crippen molar-refractivity contribution in [2.45, 2.75) is 4.90 Å². The van der Waals surface area contributed by atoms with Crippen LogP contribution < -0.4 is 5.32 Å². The largest absolute Gasteiger partial charge is 0.452 e. The third kappa shape index (κ3) is 6.06. The van der Waals surface area contributed by atoms with Gasteiger partial charge in [-0.05, 0) is 36.1 Å². The van der Waals surface area contributed by atoms with Gasteiger partial charge in [0, 0.05) is 28.8 Å². The Labute approximate surface area is 154 Å². The van der Waals surface area contributed by atoms with Gasteiger partial charge in [-0.25, -0.2) is 4.79 Å². The van der Waals surface area contributed by atoms with E-state index in [2.05, 4.69) is 5.32 Å². The summed E-state index contributed by atoms with van der Waals surface area (Å²) in [6, 6.07) is 13.1. The van der Waals surface area contributed by atoms with Crippen molar-refractivity contribution >= 4 is 41.1 Å². The number of ether oxygens (including phenoxy) is 1. The summed E-state index contributed by atoms with van der Waals surface area (Å²) in [7, 11) is 0. The first kappa shape index (κ1) is 19.2. The quantitative estimate of drug-likeness (QED) is 0.263. The van der Waals surface area contributed by atoms with Crippen LogP contribution in [-0.2, 0) is 14.3 Å². The predicted molar refractivity (Wildman–Crippen MR) is 99.9 cm³/mol. The maximum atomic E-state index is 11.8. The number of hydrogen-bond donors (Lipinski definition) is 1. The van der Waals surface area contributed by atoms with Crippen LogP contribution in [0.3, 0.4) is 0 Å². The number of rotatable bonds is 7. The number of esters is 1. The van der Waals surface area contributed by atoms with Crippen LogP contribution >= 0.6 is 11.8 Å². The number of carbonyl (C=O) groups excluding carboxylic acids is 2. The average Bonchev–Trinajstić information content (AvgIpc) is 2.65. The molecule has 0 aliphatic heterocycles. The molecule has 134 valence electrons. The van der Waals surface area contributed by atoms with Gasteiger partial charge in [0.1, 0.15) is 0 Å². The zero-order chi connectivity index (χ0) is 18.9. The van der Waals surface area contributed by atoms with Gasteiger partial charge in [-0.3, -0.25) is 14.9 Å². The fourth-order valence-corrected chi connectivity index (χ4v) is 2.37. The van der Waals surface area contributed by atoms with Crippen molar-refractivity contribution in [3.63, 3.8) is 0 Å². The van der Waals surface area contributed by atoms with Crippen LogP contribution in [0.5, 0.6) is 0 Å². The van der Waals surface area contributed by atoms with E-state index in [1.165, 1.54) is 30.3 Å². The van der Waals surface area contributed by atoms with Crippen LogP contribution in [0.2, 0.25) is 0 Å². The van der Waals surface area contributed by atoms with Crippen molar-refractivity contribution in [1.82, 2.24) is 0 Å². The Morgan fingerprint density at radius 3 is 2.62 bits per heavy atom.